The zero-order valence-electron chi connectivity index (χ0n) is 15.1. The Hall–Kier alpha value is -2.59. The minimum absolute atomic E-state index is 0.126. The fourth-order valence-electron chi connectivity index (χ4n) is 3.14. The van der Waals surface area contributed by atoms with Crippen molar-refractivity contribution in [2.45, 2.75) is 30.7 Å². The summed E-state index contributed by atoms with van der Waals surface area (Å²) in [6.07, 6.45) is 2.48. The summed E-state index contributed by atoms with van der Waals surface area (Å²) < 4.78 is 27.1. The van der Waals surface area contributed by atoms with Gasteiger partial charge in [0.2, 0.25) is 10.0 Å². The number of aromatic nitrogens is 3. The lowest BCUT2D eigenvalue weighted by Crippen LogP contribution is -2.46. The first-order valence-corrected chi connectivity index (χ1v) is 9.96. The molecule has 0 bridgehead atoms. The fraction of sp³-hybridized carbons (Fsp3) is 0.412. The van der Waals surface area contributed by atoms with Gasteiger partial charge < -0.3 is 10.0 Å². The van der Waals surface area contributed by atoms with E-state index in [9.17, 15) is 18.3 Å². The number of hydrogen-bond donors (Lipinski definition) is 1. The molecule has 0 spiro atoms. The summed E-state index contributed by atoms with van der Waals surface area (Å²) in [4.78, 5) is 16.7. The van der Waals surface area contributed by atoms with Crippen LogP contribution in [-0.4, -0.2) is 65.2 Å². The van der Waals surface area contributed by atoms with E-state index >= 15 is 0 Å². The molecule has 2 aromatic rings. The van der Waals surface area contributed by atoms with E-state index in [0.29, 0.717) is 25.9 Å². The number of carboxylic acid groups (broad SMARTS) is 1. The molecule has 9 nitrogen and oxygen atoms in total. The van der Waals surface area contributed by atoms with Crippen molar-refractivity contribution >= 4 is 21.8 Å². The minimum atomic E-state index is -3.91. The van der Waals surface area contributed by atoms with Gasteiger partial charge in [0.1, 0.15) is 4.90 Å². The Balaban J connectivity index is 1.73. The Labute approximate surface area is 157 Å². The Morgan fingerprint density at radius 3 is 2.52 bits per heavy atom. The smallest absolute Gasteiger partial charge is 0.355 e. The third-order valence-electron chi connectivity index (χ3n) is 4.71. The molecule has 0 unspecified atom stereocenters. The molecule has 0 aromatic carbocycles. The average molecular weight is 391 g/mol. The van der Waals surface area contributed by atoms with Crippen LogP contribution in [0.5, 0.6) is 0 Å². The lowest BCUT2D eigenvalue weighted by atomic mass is 10.1. The van der Waals surface area contributed by atoms with Crippen LogP contribution in [0, 0.1) is 6.92 Å². The Morgan fingerprint density at radius 1 is 1.22 bits per heavy atom. The Bertz CT molecular complexity index is 925. The zero-order chi connectivity index (χ0) is 19.6. The number of aryl methyl sites for hydroxylation is 1. The van der Waals surface area contributed by atoms with Crippen molar-refractivity contribution in [2.24, 2.45) is 0 Å². The van der Waals surface area contributed by atoms with E-state index in [4.69, 9.17) is 0 Å². The van der Waals surface area contributed by atoms with Gasteiger partial charge in [-0.2, -0.15) is 9.40 Å². The highest BCUT2D eigenvalue weighted by Gasteiger charge is 2.34. The number of anilines is 1. The van der Waals surface area contributed by atoms with Crippen LogP contribution in [0.15, 0.2) is 35.4 Å². The maximum absolute atomic E-state index is 12.9. The SMILES string of the molecule is Cc1ccc(N(C)C2CCN(S(=O)(=O)c3cccnc3C(=O)O)CC2)nn1. The molecule has 1 saturated heterocycles. The third kappa shape index (κ3) is 3.91. The maximum Gasteiger partial charge on any atom is 0.355 e. The Kier molecular flexibility index (Phi) is 5.38. The average Bonchev–Trinajstić information content (AvgIpc) is 2.68. The van der Waals surface area contributed by atoms with Crippen LogP contribution in [0.25, 0.3) is 0 Å². The normalized spacial score (nSPS) is 16.2. The topological polar surface area (TPSA) is 117 Å². The number of carbonyl (C=O) groups is 1. The lowest BCUT2D eigenvalue weighted by Gasteiger charge is -2.36. The third-order valence-corrected chi connectivity index (χ3v) is 6.64. The number of hydrogen-bond acceptors (Lipinski definition) is 7. The summed E-state index contributed by atoms with van der Waals surface area (Å²) in [7, 11) is -2.00. The molecule has 27 heavy (non-hydrogen) atoms. The lowest BCUT2D eigenvalue weighted by molar-refractivity contribution is 0.0685. The van der Waals surface area contributed by atoms with Crippen LogP contribution in [-0.2, 0) is 10.0 Å². The van der Waals surface area contributed by atoms with E-state index < -0.39 is 21.7 Å². The zero-order valence-corrected chi connectivity index (χ0v) is 15.9. The first kappa shape index (κ1) is 19.2. The molecule has 3 heterocycles. The van der Waals surface area contributed by atoms with Crippen molar-refractivity contribution in [3.63, 3.8) is 0 Å². The molecule has 1 N–H and O–H groups in total. The van der Waals surface area contributed by atoms with Crippen molar-refractivity contribution in [3.05, 3.63) is 41.9 Å². The van der Waals surface area contributed by atoms with Gasteiger partial charge in [0.15, 0.2) is 11.5 Å². The maximum atomic E-state index is 12.9. The molecule has 10 heteroatoms. The first-order valence-electron chi connectivity index (χ1n) is 8.52. The second kappa shape index (κ2) is 7.57. The molecule has 1 fully saturated rings. The molecule has 1 aliphatic heterocycles. The number of rotatable bonds is 5. The highest BCUT2D eigenvalue weighted by molar-refractivity contribution is 7.89. The van der Waals surface area contributed by atoms with Gasteiger partial charge in [0.25, 0.3) is 0 Å². The number of sulfonamides is 1. The summed E-state index contributed by atoms with van der Waals surface area (Å²) >= 11 is 0. The van der Waals surface area contributed by atoms with Gasteiger partial charge in [-0.05, 0) is 44.0 Å². The number of pyridine rings is 1. The standard InChI is InChI=1S/C17H21N5O4S/c1-12-5-6-15(20-19-12)21(2)13-7-10-22(11-8-13)27(25,26)14-4-3-9-18-16(14)17(23)24/h3-6,9,13H,7-8,10-11H2,1-2H3,(H,23,24). The highest BCUT2D eigenvalue weighted by atomic mass is 32.2. The summed E-state index contributed by atoms with van der Waals surface area (Å²) in [5, 5.41) is 17.4. The minimum Gasteiger partial charge on any atom is -0.476 e. The van der Waals surface area contributed by atoms with Gasteiger partial charge in [0, 0.05) is 32.4 Å². The largest absolute Gasteiger partial charge is 0.476 e. The number of aromatic carboxylic acids is 1. The van der Waals surface area contributed by atoms with Crippen LogP contribution in [0.1, 0.15) is 29.0 Å². The van der Waals surface area contributed by atoms with E-state index in [1.807, 2.05) is 31.0 Å². The molecule has 0 aliphatic carbocycles. The van der Waals surface area contributed by atoms with E-state index in [1.54, 1.807) is 0 Å². The van der Waals surface area contributed by atoms with Gasteiger partial charge in [-0.15, -0.1) is 5.10 Å². The van der Waals surface area contributed by atoms with E-state index in [1.165, 1.54) is 22.6 Å². The predicted octanol–water partition coefficient (Wildman–Crippen LogP) is 1.17. The van der Waals surface area contributed by atoms with Crippen LogP contribution in [0.3, 0.4) is 0 Å². The molecule has 3 rings (SSSR count). The van der Waals surface area contributed by atoms with Crippen molar-refractivity contribution in [2.75, 3.05) is 25.0 Å². The van der Waals surface area contributed by atoms with Crippen molar-refractivity contribution < 1.29 is 18.3 Å². The quantitative estimate of drug-likeness (QED) is 0.807. The van der Waals surface area contributed by atoms with E-state index in [0.717, 1.165) is 11.5 Å². The summed E-state index contributed by atoms with van der Waals surface area (Å²) in [5.74, 6) is -0.621. The van der Waals surface area contributed by atoms with Crippen LogP contribution < -0.4 is 4.90 Å². The molecule has 1 aliphatic rings. The predicted molar refractivity (Wildman–Crippen MR) is 98.1 cm³/mol. The molecular weight excluding hydrogens is 370 g/mol. The van der Waals surface area contributed by atoms with Gasteiger partial charge in [-0.1, -0.05) is 0 Å². The summed E-state index contributed by atoms with van der Waals surface area (Å²) in [5.41, 5.74) is 0.380. The van der Waals surface area contributed by atoms with E-state index in [-0.39, 0.29) is 10.9 Å². The molecule has 0 radical (unpaired) electrons. The van der Waals surface area contributed by atoms with Crippen LogP contribution >= 0.6 is 0 Å². The molecule has 0 amide bonds. The van der Waals surface area contributed by atoms with Crippen molar-refractivity contribution in [1.82, 2.24) is 19.5 Å². The number of carboxylic acids is 1. The molecule has 0 saturated carbocycles. The first-order chi connectivity index (χ1) is 12.8. The highest BCUT2D eigenvalue weighted by Crippen LogP contribution is 2.25. The number of nitrogens with zero attached hydrogens (tertiary/aromatic N) is 5. The summed E-state index contributed by atoms with van der Waals surface area (Å²) in [6.45, 7) is 2.46. The summed E-state index contributed by atoms with van der Waals surface area (Å²) in [6, 6.07) is 6.61. The van der Waals surface area contributed by atoms with Crippen LogP contribution in [0.4, 0.5) is 5.82 Å². The van der Waals surface area contributed by atoms with Gasteiger partial charge in [0.05, 0.1) is 5.69 Å². The second-order valence-electron chi connectivity index (χ2n) is 6.43. The Morgan fingerprint density at radius 2 is 1.93 bits per heavy atom. The van der Waals surface area contributed by atoms with Crippen LogP contribution in [0.2, 0.25) is 0 Å². The monoisotopic (exact) mass is 391 g/mol. The van der Waals surface area contributed by atoms with Crippen molar-refractivity contribution in [1.29, 1.82) is 0 Å². The molecule has 2 aromatic heterocycles. The molecule has 144 valence electrons. The molecule has 0 atom stereocenters. The number of piperidine rings is 1. The van der Waals surface area contributed by atoms with Crippen molar-refractivity contribution in [3.8, 4) is 0 Å². The van der Waals surface area contributed by atoms with E-state index in [2.05, 4.69) is 15.2 Å². The second-order valence-corrected chi connectivity index (χ2v) is 8.34. The van der Waals surface area contributed by atoms with Gasteiger partial charge >= 0.3 is 5.97 Å². The fourth-order valence-corrected chi connectivity index (χ4v) is 4.74. The molecular formula is C17H21N5O4S. The van der Waals surface area contributed by atoms with Gasteiger partial charge in [-0.3, -0.25) is 0 Å². The van der Waals surface area contributed by atoms with Gasteiger partial charge in [-0.25, -0.2) is 18.2 Å².